The average molecular weight is 219 g/mol. The Labute approximate surface area is 91.6 Å². The fourth-order valence-electron chi connectivity index (χ4n) is 2.43. The van der Waals surface area contributed by atoms with Crippen LogP contribution in [0.4, 0.5) is 8.78 Å². The molecule has 0 radical (unpaired) electrons. The second-order valence-corrected chi connectivity index (χ2v) is 5.00. The number of hydrogen-bond donors (Lipinski definition) is 1. The molecule has 0 bridgehead atoms. The van der Waals surface area contributed by atoms with Crippen LogP contribution in [0.3, 0.4) is 0 Å². The van der Waals surface area contributed by atoms with E-state index in [2.05, 4.69) is 12.2 Å². The highest BCUT2D eigenvalue weighted by molar-refractivity contribution is 4.72. The van der Waals surface area contributed by atoms with Crippen molar-refractivity contribution in [2.45, 2.75) is 58.4 Å². The maximum atomic E-state index is 12.2. The smallest absolute Gasteiger partial charge is 0.253 e. The number of rotatable bonds is 5. The van der Waals surface area contributed by atoms with Gasteiger partial charge < -0.3 is 5.32 Å². The standard InChI is InChI=1S/C12H23F2N/c1-9-4-3-5-11(8-9)6-7-15-10(2)12(13)14/h9-12,15H,3-8H2,1-2H3. The summed E-state index contributed by atoms with van der Waals surface area (Å²) >= 11 is 0. The average Bonchev–Trinajstić information content (AvgIpc) is 2.17. The Morgan fingerprint density at radius 1 is 1.33 bits per heavy atom. The van der Waals surface area contributed by atoms with Gasteiger partial charge in [0, 0.05) is 0 Å². The van der Waals surface area contributed by atoms with E-state index < -0.39 is 12.5 Å². The number of halogens is 2. The zero-order valence-corrected chi connectivity index (χ0v) is 9.81. The molecule has 1 N–H and O–H groups in total. The molecule has 3 unspecified atom stereocenters. The molecule has 0 aromatic carbocycles. The van der Waals surface area contributed by atoms with Crippen LogP contribution in [-0.4, -0.2) is 19.0 Å². The topological polar surface area (TPSA) is 12.0 Å². The molecule has 1 saturated carbocycles. The maximum Gasteiger partial charge on any atom is 0.253 e. The van der Waals surface area contributed by atoms with E-state index in [1.807, 2.05) is 0 Å². The van der Waals surface area contributed by atoms with E-state index in [0.29, 0.717) is 0 Å². The molecule has 0 saturated heterocycles. The summed E-state index contributed by atoms with van der Waals surface area (Å²) in [7, 11) is 0. The van der Waals surface area contributed by atoms with Crippen LogP contribution in [-0.2, 0) is 0 Å². The van der Waals surface area contributed by atoms with Crippen molar-refractivity contribution in [3.05, 3.63) is 0 Å². The number of nitrogens with one attached hydrogen (secondary N) is 1. The Hall–Kier alpha value is -0.180. The summed E-state index contributed by atoms with van der Waals surface area (Å²) in [5, 5.41) is 2.89. The van der Waals surface area contributed by atoms with Crippen LogP contribution in [0.2, 0.25) is 0 Å². The summed E-state index contributed by atoms with van der Waals surface area (Å²) in [6.07, 6.45) is 4.05. The lowest BCUT2D eigenvalue weighted by molar-refractivity contribution is 0.105. The molecule has 1 aliphatic carbocycles. The maximum absolute atomic E-state index is 12.2. The van der Waals surface area contributed by atoms with E-state index in [0.717, 1.165) is 24.8 Å². The highest BCUT2D eigenvalue weighted by Gasteiger charge is 2.19. The number of hydrogen-bond acceptors (Lipinski definition) is 1. The van der Waals surface area contributed by atoms with Crippen molar-refractivity contribution in [3.8, 4) is 0 Å². The Morgan fingerprint density at radius 2 is 2.07 bits per heavy atom. The Morgan fingerprint density at radius 3 is 2.67 bits per heavy atom. The third-order valence-corrected chi connectivity index (χ3v) is 3.44. The molecule has 3 atom stereocenters. The van der Waals surface area contributed by atoms with Gasteiger partial charge in [0.2, 0.25) is 0 Å². The zero-order chi connectivity index (χ0) is 11.3. The van der Waals surface area contributed by atoms with Crippen LogP contribution in [0.1, 0.15) is 46.0 Å². The molecule has 0 amide bonds. The molecule has 1 aliphatic rings. The fourth-order valence-corrected chi connectivity index (χ4v) is 2.43. The van der Waals surface area contributed by atoms with Gasteiger partial charge in [-0.15, -0.1) is 0 Å². The Balaban J connectivity index is 2.09. The van der Waals surface area contributed by atoms with Gasteiger partial charge in [-0.05, 0) is 38.1 Å². The van der Waals surface area contributed by atoms with Crippen LogP contribution in [0.15, 0.2) is 0 Å². The van der Waals surface area contributed by atoms with Crippen LogP contribution in [0.25, 0.3) is 0 Å². The van der Waals surface area contributed by atoms with Crippen LogP contribution in [0, 0.1) is 11.8 Å². The van der Waals surface area contributed by atoms with Crippen LogP contribution >= 0.6 is 0 Å². The van der Waals surface area contributed by atoms with E-state index in [-0.39, 0.29) is 0 Å². The summed E-state index contributed by atoms with van der Waals surface area (Å²) in [6, 6.07) is -0.661. The van der Waals surface area contributed by atoms with Gasteiger partial charge in [-0.1, -0.05) is 26.2 Å². The first-order valence-electron chi connectivity index (χ1n) is 6.11. The molecule has 1 nitrogen and oxygen atoms in total. The first-order valence-corrected chi connectivity index (χ1v) is 6.11. The summed E-state index contributed by atoms with van der Waals surface area (Å²) < 4.78 is 24.4. The van der Waals surface area contributed by atoms with Crippen molar-refractivity contribution in [2.24, 2.45) is 11.8 Å². The molecule has 15 heavy (non-hydrogen) atoms. The van der Waals surface area contributed by atoms with Crippen LogP contribution < -0.4 is 5.32 Å². The molecule has 0 spiro atoms. The Kier molecular flexibility index (Phi) is 5.51. The highest BCUT2D eigenvalue weighted by atomic mass is 19.3. The van der Waals surface area contributed by atoms with Gasteiger partial charge in [-0.3, -0.25) is 0 Å². The molecule has 0 aromatic rings. The third-order valence-electron chi connectivity index (χ3n) is 3.44. The molecule has 0 aromatic heterocycles. The van der Waals surface area contributed by atoms with E-state index >= 15 is 0 Å². The van der Waals surface area contributed by atoms with Crippen molar-refractivity contribution in [3.63, 3.8) is 0 Å². The molecule has 0 aliphatic heterocycles. The molecular formula is C12H23F2N. The lowest BCUT2D eigenvalue weighted by atomic mass is 9.81. The predicted octanol–water partition coefficient (Wildman–Crippen LogP) is 3.45. The van der Waals surface area contributed by atoms with Crippen molar-refractivity contribution in [1.29, 1.82) is 0 Å². The quantitative estimate of drug-likeness (QED) is 0.746. The monoisotopic (exact) mass is 219 g/mol. The Bertz CT molecular complexity index is 173. The lowest BCUT2D eigenvalue weighted by Gasteiger charge is -2.27. The van der Waals surface area contributed by atoms with E-state index in [4.69, 9.17) is 0 Å². The molecule has 90 valence electrons. The van der Waals surface area contributed by atoms with Crippen molar-refractivity contribution in [2.75, 3.05) is 6.54 Å². The van der Waals surface area contributed by atoms with Gasteiger partial charge in [0.05, 0.1) is 6.04 Å². The van der Waals surface area contributed by atoms with Crippen molar-refractivity contribution < 1.29 is 8.78 Å². The largest absolute Gasteiger partial charge is 0.309 e. The minimum Gasteiger partial charge on any atom is -0.309 e. The second-order valence-electron chi connectivity index (χ2n) is 5.00. The van der Waals surface area contributed by atoms with E-state index in [1.54, 1.807) is 6.92 Å². The van der Waals surface area contributed by atoms with Gasteiger partial charge in [0.25, 0.3) is 6.43 Å². The number of alkyl halides is 2. The molecule has 1 fully saturated rings. The third kappa shape index (κ3) is 4.92. The van der Waals surface area contributed by atoms with Gasteiger partial charge in [-0.25, -0.2) is 8.78 Å². The van der Waals surface area contributed by atoms with Gasteiger partial charge in [0.15, 0.2) is 0 Å². The van der Waals surface area contributed by atoms with Crippen LogP contribution in [0.5, 0.6) is 0 Å². The minimum absolute atomic E-state index is 0.661. The first-order chi connectivity index (χ1) is 7.09. The van der Waals surface area contributed by atoms with Gasteiger partial charge >= 0.3 is 0 Å². The molecule has 0 heterocycles. The molecular weight excluding hydrogens is 196 g/mol. The zero-order valence-electron chi connectivity index (χ0n) is 9.81. The van der Waals surface area contributed by atoms with E-state index in [9.17, 15) is 8.78 Å². The molecule has 1 rings (SSSR count). The first kappa shape index (κ1) is 12.9. The van der Waals surface area contributed by atoms with E-state index in [1.165, 1.54) is 25.7 Å². The van der Waals surface area contributed by atoms with Crippen molar-refractivity contribution in [1.82, 2.24) is 5.32 Å². The minimum atomic E-state index is -2.24. The summed E-state index contributed by atoms with van der Waals surface area (Å²) in [5.41, 5.74) is 0. The highest BCUT2D eigenvalue weighted by Crippen LogP contribution is 2.30. The summed E-state index contributed by atoms with van der Waals surface area (Å²) in [4.78, 5) is 0. The SMILES string of the molecule is CC1CCCC(CCNC(C)C(F)F)C1. The normalized spacial score (nSPS) is 29.4. The fraction of sp³-hybridized carbons (Fsp3) is 1.00. The summed E-state index contributed by atoms with van der Waals surface area (Å²) in [5.74, 6) is 1.59. The predicted molar refractivity (Wildman–Crippen MR) is 59.2 cm³/mol. The lowest BCUT2D eigenvalue weighted by Crippen LogP contribution is -2.34. The van der Waals surface area contributed by atoms with Gasteiger partial charge in [-0.2, -0.15) is 0 Å². The second kappa shape index (κ2) is 6.41. The molecule has 3 heteroatoms. The van der Waals surface area contributed by atoms with Gasteiger partial charge in [0.1, 0.15) is 0 Å². The summed E-state index contributed by atoms with van der Waals surface area (Å²) in [6.45, 7) is 4.58. The van der Waals surface area contributed by atoms with Crippen molar-refractivity contribution >= 4 is 0 Å².